The van der Waals surface area contributed by atoms with E-state index in [1.807, 2.05) is 6.07 Å². The average Bonchev–Trinajstić information content (AvgIpc) is 3.35. The number of piperazine rings is 1. The fourth-order valence-corrected chi connectivity index (χ4v) is 5.28. The van der Waals surface area contributed by atoms with E-state index in [-0.39, 0.29) is 23.2 Å². The first kappa shape index (κ1) is 23.2. The molecule has 0 aliphatic carbocycles. The molecule has 0 unspecified atom stereocenters. The molecule has 2 aliphatic rings. The van der Waals surface area contributed by atoms with E-state index in [0.29, 0.717) is 50.7 Å². The third-order valence-electron chi connectivity index (χ3n) is 5.53. The van der Waals surface area contributed by atoms with Gasteiger partial charge >= 0.3 is 0 Å². The van der Waals surface area contributed by atoms with E-state index < -0.39 is 10.0 Å². The lowest BCUT2D eigenvalue weighted by Gasteiger charge is -2.35. The van der Waals surface area contributed by atoms with Gasteiger partial charge in [-0.1, -0.05) is 0 Å². The zero-order chi connectivity index (χ0) is 21.1. The molecule has 0 atom stereocenters. The monoisotopic (exact) mass is 467 g/mol. The number of halogens is 1. The minimum Gasteiger partial charge on any atom is -0.480 e. The van der Waals surface area contributed by atoms with Crippen molar-refractivity contribution >= 4 is 34.2 Å². The van der Waals surface area contributed by atoms with Crippen LogP contribution >= 0.6 is 12.4 Å². The largest absolute Gasteiger partial charge is 0.480 e. The van der Waals surface area contributed by atoms with Crippen molar-refractivity contribution in [2.75, 3.05) is 51.3 Å². The van der Waals surface area contributed by atoms with E-state index in [1.165, 1.54) is 16.4 Å². The second-order valence-electron chi connectivity index (χ2n) is 7.35. The van der Waals surface area contributed by atoms with Gasteiger partial charge in [-0.15, -0.1) is 22.6 Å². The molecular formula is C20H26ClN5O4S. The maximum absolute atomic E-state index is 12.8. The van der Waals surface area contributed by atoms with Gasteiger partial charge in [0.15, 0.2) is 5.82 Å². The number of hydrogen-bond acceptors (Lipinski definition) is 7. The standard InChI is InChI=1S/C20H25N5O4S.ClH/c1-29-19-9-8-18(21-22-19)23-12-14-24(15-13-23)20(26)16-4-6-17(7-5-16)30(27,28)25-10-2-3-11-25;/h4-9H,2-3,10-15H2,1H3;1H. The summed E-state index contributed by atoms with van der Waals surface area (Å²) >= 11 is 0. The number of ether oxygens (including phenoxy) is 1. The Bertz CT molecular complexity index is 987. The highest BCUT2D eigenvalue weighted by Gasteiger charge is 2.28. The molecule has 31 heavy (non-hydrogen) atoms. The van der Waals surface area contributed by atoms with Crippen LogP contribution in [0.25, 0.3) is 0 Å². The first-order chi connectivity index (χ1) is 14.5. The summed E-state index contributed by atoms with van der Waals surface area (Å²) in [5.74, 6) is 1.11. The molecule has 0 N–H and O–H groups in total. The Morgan fingerprint density at radius 1 is 0.903 bits per heavy atom. The van der Waals surface area contributed by atoms with Crippen LogP contribution in [0.4, 0.5) is 5.82 Å². The van der Waals surface area contributed by atoms with E-state index in [2.05, 4.69) is 15.1 Å². The van der Waals surface area contributed by atoms with Gasteiger partial charge in [-0.2, -0.15) is 4.31 Å². The molecule has 2 fully saturated rings. The van der Waals surface area contributed by atoms with Gasteiger partial charge in [-0.05, 0) is 43.2 Å². The summed E-state index contributed by atoms with van der Waals surface area (Å²) in [7, 11) is -1.92. The highest BCUT2D eigenvalue weighted by atomic mass is 35.5. The van der Waals surface area contributed by atoms with E-state index in [9.17, 15) is 13.2 Å². The number of rotatable bonds is 5. The number of carbonyl (C=O) groups excluding carboxylic acids is 1. The van der Waals surface area contributed by atoms with E-state index >= 15 is 0 Å². The van der Waals surface area contributed by atoms with Crippen LogP contribution in [-0.2, 0) is 10.0 Å². The Labute approximate surface area is 188 Å². The van der Waals surface area contributed by atoms with E-state index in [0.717, 1.165) is 18.7 Å². The summed E-state index contributed by atoms with van der Waals surface area (Å²) in [5.41, 5.74) is 0.494. The molecule has 0 saturated carbocycles. The van der Waals surface area contributed by atoms with Crippen LogP contribution in [-0.4, -0.2) is 80.1 Å². The molecule has 0 spiro atoms. The van der Waals surface area contributed by atoms with Gasteiger partial charge in [0.25, 0.3) is 5.91 Å². The summed E-state index contributed by atoms with van der Waals surface area (Å²) in [6.07, 6.45) is 1.79. The fourth-order valence-electron chi connectivity index (χ4n) is 3.76. The Morgan fingerprint density at radius 3 is 2.10 bits per heavy atom. The van der Waals surface area contributed by atoms with Crippen molar-refractivity contribution in [1.29, 1.82) is 0 Å². The van der Waals surface area contributed by atoms with Crippen molar-refractivity contribution in [1.82, 2.24) is 19.4 Å². The molecule has 168 valence electrons. The van der Waals surface area contributed by atoms with Crippen molar-refractivity contribution in [2.24, 2.45) is 0 Å². The minimum atomic E-state index is -3.47. The minimum absolute atomic E-state index is 0. The van der Waals surface area contributed by atoms with Crippen molar-refractivity contribution in [3.8, 4) is 5.88 Å². The summed E-state index contributed by atoms with van der Waals surface area (Å²) in [4.78, 5) is 16.9. The molecule has 3 heterocycles. The van der Waals surface area contributed by atoms with Crippen LogP contribution in [0.5, 0.6) is 5.88 Å². The molecule has 1 aromatic carbocycles. The zero-order valence-electron chi connectivity index (χ0n) is 17.3. The lowest BCUT2D eigenvalue weighted by atomic mass is 10.2. The molecule has 11 heteroatoms. The first-order valence-corrected chi connectivity index (χ1v) is 11.5. The number of sulfonamides is 1. The third kappa shape index (κ3) is 4.91. The number of amides is 1. The summed E-state index contributed by atoms with van der Waals surface area (Å²) in [6.45, 7) is 3.53. The molecule has 9 nitrogen and oxygen atoms in total. The van der Waals surface area contributed by atoms with Gasteiger partial charge in [-0.3, -0.25) is 4.79 Å². The van der Waals surface area contributed by atoms with Crippen molar-refractivity contribution in [2.45, 2.75) is 17.7 Å². The molecule has 4 rings (SSSR count). The summed E-state index contributed by atoms with van der Waals surface area (Å²) in [6, 6.07) is 9.88. The van der Waals surface area contributed by atoms with Gasteiger partial charge in [0.2, 0.25) is 15.9 Å². The zero-order valence-corrected chi connectivity index (χ0v) is 18.9. The Balaban J connectivity index is 0.00000272. The third-order valence-corrected chi connectivity index (χ3v) is 7.44. The van der Waals surface area contributed by atoms with E-state index in [4.69, 9.17) is 4.74 Å². The number of hydrogen-bond donors (Lipinski definition) is 0. The maximum Gasteiger partial charge on any atom is 0.253 e. The number of carbonyl (C=O) groups is 1. The highest BCUT2D eigenvalue weighted by molar-refractivity contribution is 7.89. The topological polar surface area (TPSA) is 95.9 Å². The normalized spacial score (nSPS) is 17.3. The maximum atomic E-state index is 12.8. The molecule has 2 aromatic rings. The van der Waals surface area contributed by atoms with Crippen LogP contribution in [0, 0.1) is 0 Å². The van der Waals surface area contributed by atoms with Gasteiger partial charge in [0, 0.05) is 50.9 Å². The molecule has 0 radical (unpaired) electrons. The molecular weight excluding hydrogens is 442 g/mol. The van der Waals surface area contributed by atoms with Crippen LogP contribution in [0.15, 0.2) is 41.3 Å². The number of nitrogens with zero attached hydrogens (tertiary/aromatic N) is 5. The van der Waals surface area contributed by atoms with Gasteiger partial charge < -0.3 is 14.5 Å². The van der Waals surface area contributed by atoms with Crippen molar-refractivity contribution in [3.05, 3.63) is 42.0 Å². The predicted octanol–water partition coefficient (Wildman–Crippen LogP) is 1.65. The smallest absolute Gasteiger partial charge is 0.253 e. The average molecular weight is 468 g/mol. The summed E-state index contributed by atoms with van der Waals surface area (Å²) in [5, 5.41) is 8.14. The first-order valence-electron chi connectivity index (χ1n) is 10.0. The van der Waals surface area contributed by atoms with Gasteiger partial charge in [-0.25, -0.2) is 8.42 Å². The lowest BCUT2D eigenvalue weighted by molar-refractivity contribution is 0.0746. The second kappa shape index (κ2) is 9.80. The number of anilines is 1. The van der Waals surface area contributed by atoms with E-state index in [1.54, 1.807) is 30.2 Å². The molecule has 1 aromatic heterocycles. The fraction of sp³-hybridized carbons (Fsp3) is 0.450. The second-order valence-corrected chi connectivity index (χ2v) is 9.29. The Kier molecular flexibility index (Phi) is 7.34. The van der Waals surface area contributed by atoms with Crippen LogP contribution in [0.3, 0.4) is 0 Å². The Hall–Kier alpha value is -2.43. The molecule has 1 amide bonds. The Morgan fingerprint density at radius 2 is 1.55 bits per heavy atom. The quantitative estimate of drug-likeness (QED) is 0.659. The number of methoxy groups -OCH3 is 1. The number of aromatic nitrogens is 2. The summed E-state index contributed by atoms with van der Waals surface area (Å²) < 4.78 is 31.8. The van der Waals surface area contributed by atoms with Gasteiger partial charge in [0.1, 0.15) is 0 Å². The molecule has 0 bridgehead atoms. The highest BCUT2D eigenvalue weighted by Crippen LogP contribution is 2.22. The van der Waals surface area contributed by atoms with Crippen LogP contribution in [0.1, 0.15) is 23.2 Å². The molecule has 2 aliphatic heterocycles. The van der Waals surface area contributed by atoms with Crippen LogP contribution in [0.2, 0.25) is 0 Å². The van der Waals surface area contributed by atoms with Crippen LogP contribution < -0.4 is 9.64 Å². The lowest BCUT2D eigenvalue weighted by Crippen LogP contribution is -2.49. The van der Waals surface area contributed by atoms with Crippen molar-refractivity contribution in [3.63, 3.8) is 0 Å². The van der Waals surface area contributed by atoms with Gasteiger partial charge in [0.05, 0.1) is 12.0 Å². The SMILES string of the molecule is COc1ccc(N2CCN(C(=O)c3ccc(S(=O)(=O)N4CCCC4)cc3)CC2)nn1.Cl. The number of benzene rings is 1. The molecule has 2 saturated heterocycles. The van der Waals surface area contributed by atoms with Crippen molar-refractivity contribution < 1.29 is 17.9 Å². The predicted molar refractivity (Wildman–Crippen MR) is 118 cm³/mol.